The van der Waals surface area contributed by atoms with E-state index in [4.69, 9.17) is 0 Å². The highest BCUT2D eigenvalue weighted by atomic mass is 19.2. The van der Waals surface area contributed by atoms with Crippen molar-refractivity contribution in [3.63, 3.8) is 0 Å². The van der Waals surface area contributed by atoms with Crippen LogP contribution in [0.4, 0.5) is 13.2 Å². The first-order valence-corrected chi connectivity index (χ1v) is 9.57. The van der Waals surface area contributed by atoms with Crippen LogP contribution in [0.5, 0.6) is 0 Å². The summed E-state index contributed by atoms with van der Waals surface area (Å²) in [5.41, 5.74) is -10.2. The molecule has 6 nitrogen and oxygen atoms in total. The van der Waals surface area contributed by atoms with Gasteiger partial charge in [0.05, 0.1) is 12.2 Å². The molecule has 0 aromatic heterocycles. The fraction of sp³-hybridized carbons (Fsp3) is 0.700. The number of aliphatic hydroxyl groups excluding tert-OH is 3. The molecule has 29 heavy (non-hydrogen) atoms. The zero-order valence-corrected chi connectivity index (χ0v) is 15.7. The van der Waals surface area contributed by atoms with Crippen molar-refractivity contribution < 1.29 is 43.2 Å². The van der Waals surface area contributed by atoms with Crippen LogP contribution in [0, 0.1) is 17.3 Å². The molecule has 0 aromatic rings. The van der Waals surface area contributed by atoms with E-state index in [1.165, 1.54) is 6.92 Å². The Morgan fingerprint density at radius 1 is 1.21 bits per heavy atom. The van der Waals surface area contributed by atoms with E-state index in [-0.39, 0.29) is 5.57 Å². The number of carbonyl (C=O) groups is 2. The Morgan fingerprint density at radius 2 is 1.86 bits per heavy atom. The van der Waals surface area contributed by atoms with Gasteiger partial charge in [0.2, 0.25) is 0 Å². The summed E-state index contributed by atoms with van der Waals surface area (Å²) in [4.78, 5) is 23.9. The molecule has 3 saturated carbocycles. The van der Waals surface area contributed by atoms with Gasteiger partial charge in [0.15, 0.2) is 22.8 Å². The van der Waals surface area contributed by atoms with Crippen molar-refractivity contribution in [3.8, 4) is 0 Å². The van der Waals surface area contributed by atoms with Crippen LogP contribution in [0.2, 0.25) is 0 Å². The summed E-state index contributed by atoms with van der Waals surface area (Å²) in [6, 6.07) is 0. The number of rotatable bonds is 2. The lowest BCUT2D eigenvalue weighted by molar-refractivity contribution is -0.229. The standard InChI is InChI=1S/C20H23F3O6/c1-17-3-2-9(25)4-10(17)11(21)5-13-18(22)7-15(27)19(29,16(28)8-24)12(18)6-14(26)20(13,17)23/h2-4,11-15,24,26-27,29H,5-8H2,1H3/t11-,12?,13-,14-,15+,17-,18-,19-,20-/m0/s1. The summed E-state index contributed by atoms with van der Waals surface area (Å²) in [6.45, 7) is 0.104. The van der Waals surface area contributed by atoms with E-state index in [9.17, 15) is 30.0 Å². The van der Waals surface area contributed by atoms with E-state index >= 15 is 13.2 Å². The number of carbonyl (C=O) groups excluding carboxylic acids is 2. The van der Waals surface area contributed by atoms with Crippen LogP contribution >= 0.6 is 0 Å². The fourth-order valence-corrected chi connectivity index (χ4v) is 6.31. The van der Waals surface area contributed by atoms with E-state index in [0.717, 1.165) is 18.2 Å². The van der Waals surface area contributed by atoms with Crippen molar-refractivity contribution in [2.75, 3.05) is 6.61 Å². The molecule has 0 amide bonds. The lowest BCUT2D eigenvalue weighted by Gasteiger charge is -2.61. The Balaban J connectivity index is 1.88. The summed E-state index contributed by atoms with van der Waals surface area (Å²) >= 11 is 0. The van der Waals surface area contributed by atoms with Crippen molar-refractivity contribution in [1.82, 2.24) is 0 Å². The van der Waals surface area contributed by atoms with Crippen LogP contribution in [-0.2, 0) is 9.59 Å². The largest absolute Gasteiger partial charge is 0.390 e. The molecule has 160 valence electrons. The van der Waals surface area contributed by atoms with Crippen LogP contribution in [0.1, 0.15) is 26.2 Å². The minimum Gasteiger partial charge on any atom is -0.390 e. The minimum absolute atomic E-state index is 0.190. The third-order valence-corrected chi connectivity index (χ3v) is 7.80. The van der Waals surface area contributed by atoms with Crippen molar-refractivity contribution in [1.29, 1.82) is 0 Å². The Labute approximate surface area is 164 Å². The summed E-state index contributed by atoms with van der Waals surface area (Å²) in [6.07, 6.45) is -4.90. The fourth-order valence-electron chi connectivity index (χ4n) is 6.31. The van der Waals surface area contributed by atoms with Gasteiger partial charge in [-0.2, -0.15) is 0 Å². The highest BCUT2D eigenvalue weighted by Crippen LogP contribution is 2.68. The third kappa shape index (κ3) is 2.22. The molecule has 0 aliphatic heterocycles. The van der Waals surface area contributed by atoms with Gasteiger partial charge in [0, 0.05) is 23.7 Å². The first-order valence-electron chi connectivity index (χ1n) is 9.57. The molecule has 9 heteroatoms. The van der Waals surface area contributed by atoms with Gasteiger partial charge in [-0.25, -0.2) is 13.2 Å². The number of hydrogen-bond acceptors (Lipinski definition) is 6. The van der Waals surface area contributed by atoms with E-state index in [0.29, 0.717) is 0 Å². The Bertz CT molecular complexity index is 844. The van der Waals surface area contributed by atoms with E-state index in [1.807, 2.05) is 0 Å². The van der Waals surface area contributed by atoms with Crippen molar-refractivity contribution >= 4 is 11.6 Å². The third-order valence-electron chi connectivity index (χ3n) is 7.80. The molecule has 0 heterocycles. The zero-order valence-electron chi connectivity index (χ0n) is 15.7. The summed E-state index contributed by atoms with van der Waals surface area (Å²) in [7, 11) is 0. The monoisotopic (exact) mass is 416 g/mol. The lowest BCUT2D eigenvalue weighted by atomic mass is 9.46. The lowest BCUT2D eigenvalue weighted by Crippen LogP contribution is -2.72. The minimum atomic E-state index is -2.74. The molecule has 9 atom stereocenters. The molecule has 0 spiro atoms. The molecule has 4 aliphatic carbocycles. The highest BCUT2D eigenvalue weighted by Gasteiger charge is 2.79. The molecule has 1 unspecified atom stereocenters. The maximum atomic E-state index is 16.6. The quantitative estimate of drug-likeness (QED) is 0.514. The van der Waals surface area contributed by atoms with Gasteiger partial charge in [-0.15, -0.1) is 0 Å². The predicted octanol–water partition coefficient (Wildman–Crippen LogP) is 0.270. The van der Waals surface area contributed by atoms with Crippen LogP contribution in [0.15, 0.2) is 23.8 Å². The summed E-state index contributed by atoms with van der Waals surface area (Å²) in [5, 5.41) is 41.0. The number of Topliss-reactive ketones (excluding diaryl/α,β-unsaturated/α-hetero) is 1. The van der Waals surface area contributed by atoms with E-state index in [2.05, 4.69) is 0 Å². The molecule has 0 bridgehead atoms. The SMILES string of the molecule is C[C@]12C=CC(=O)C=C1[C@@H](F)C[C@@H]1[C@]2(F)[C@@H](O)CC2[C@@]1(F)C[C@@H](O)[C@]2(O)C(=O)CO. The average molecular weight is 416 g/mol. The smallest absolute Gasteiger partial charge is 0.192 e. The van der Waals surface area contributed by atoms with Crippen LogP contribution in [0.3, 0.4) is 0 Å². The average Bonchev–Trinajstić information content (AvgIpc) is 2.87. The molecular formula is C20H23F3O6. The van der Waals surface area contributed by atoms with Gasteiger partial charge < -0.3 is 20.4 Å². The van der Waals surface area contributed by atoms with Gasteiger partial charge in [-0.05, 0) is 37.5 Å². The van der Waals surface area contributed by atoms with Crippen LogP contribution < -0.4 is 0 Å². The van der Waals surface area contributed by atoms with E-state index in [1.54, 1.807) is 0 Å². The van der Waals surface area contributed by atoms with Crippen LogP contribution in [-0.4, -0.2) is 73.9 Å². The maximum Gasteiger partial charge on any atom is 0.192 e. The zero-order chi connectivity index (χ0) is 21.6. The van der Waals surface area contributed by atoms with Gasteiger partial charge in [-0.3, -0.25) is 9.59 Å². The Morgan fingerprint density at radius 3 is 2.48 bits per heavy atom. The first kappa shape index (κ1) is 20.7. The summed E-state index contributed by atoms with van der Waals surface area (Å²) in [5.74, 6) is -5.30. The topological polar surface area (TPSA) is 115 Å². The number of hydrogen-bond donors (Lipinski definition) is 4. The number of alkyl halides is 3. The molecule has 3 fully saturated rings. The van der Waals surface area contributed by atoms with Gasteiger partial charge >= 0.3 is 0 Å². The number of ketones is 2. The molecule has 4 aliphatic rings. The molecule has 4 rings (SSSR count). The summed E-state index contributed by atoms with van der Waals surface area (Å²) < 4.78 is 48.0. The second-order valence-corrected chi connectivity index (χ2v) is 8.92. The molecule has 0 saturated heterocycles. The maximum absolute atomic E-state index is 16.6. The second-order valence-electron chi connectivity index (χ2n) is 8.92. The Kier molecular flexibility index (Phi) is 4.28. The second kappa shape index (κ2) is 6.00. The number of aliphatic hydroxyl groups is 4. The number of allylic oxidation sites excluding steroid dienone is 4. The normalized spacial score (nSPS) is 53.7. The van der Waals surface area contributed by atoms with Crippen molar-refractivity contribution in [2.24, 2.45) is 17.3 Å². The predicted molar refractivity (Wildman–Crippen MR) is 92.8 cm³/mol. The first-order chi connectivity index (χ1) is 13.4. The van der Waals surface area contributed by atoms with Gasteiger partial charge in [0.25, 0.3) is 0 Å². The van der Waals surface area contributed by atoms with Crippen molar-refractivity contribution in [2.45, 2.75) is 61.5 Å². The highest BCUT2D eigenvalue weighted by molar-refractivity contribution is 6.01. The van der Waals surface area contributed by atoms with Gasteiger partial charge in [0.1, 0.15) is 18.4 Å². The van der Waals surface area contributed by atoms with Crippen LogP contribution in [0.25, 0.3) is 0 Å². The van der Waals surface area contributed by atoms with E-state index < -0.39 is 90.0 Å². The number of fused-ring (bicyclic) bond motifs is 5. The molecule has 0 radical (unpaired) electrons. The number of halogens is 3. The van der Waals surface area contributed by atoms with Gasteiger partial charge in [-0.1, -0.05) is 6.08 Å². The molecule has 0 aromatic carbocycles. The van der Waals surface area contributed by atoms with Crippen molar-refractivity contribution in [3.05, 3.63) is 23.8 Å². The Hall–Kier alpha value is -1.55. The molecule has 4 N–H and O–H groups in total. The molecular weight excluding hydrogens is 393 g/mol.